The Morgan fingerprint density at radius 2 is 1.93 bits per heavy atom. The summed E-state index contributed by atoms with van der Waals surface area (Å²) >= 11 is 0. The quantitative estimate of drug-likeness (QED) is 0.735. The molecule has 3 rings (SSSR count). The highest BCUT2D eigenvalue weighted by molar-refractivity contribution is 5.73. The number of nitrogens with one attached hydrogen (secondary N) is 1. The van der Waals surface area contributed by atoms with Gasteiger partial charge in [-0.25, -0.2) is 0 Å². The Labute approximate surface area is 164 Å². The predicted octanol–water partition coefficient (Wildman–Crippen LogP) is 1.69. The van der Waals surface area contributed by atoms with Crippen LogP contribution in [0.1, 0.15) is 39.0 Å². The van der Waals surface area contributed by atoms with Crippen LogP contribution in [0.25, 0.3) is 0 Å². The molecular formula is C20H27NO7. The van der Waals surface area contributed by atoms with Crippen LogP contribution in [0.5, 0.6) is 0 Å². The number of hydrogen-bond acceptors (Lipinski definition) is 7. The molecule has 2 aliphatic heterocycles. The summed E-state index contributed by atoms with van der Waals surface area (Å²) in [5, 5.41) is 2.80. The number of esters is 1. The molecule has 1 N–H and O–H groups in total. The molecule has 154 valence electrons. The van der Waals surface area contributed by atoms with Crippen LogP contribution < -0.4 is 5.32 Å². The molecule has 8 heteroatoms. The molecule has 2 aliphatic rings. The van der Waals surface area contributed by atoms with Crippen LogP contribution >= 0.6 is 0 Å². The second-order valence-corrected chi connectivity index (χ2v) is 6.89. The first-order valence-electron chi connectivity index (χ1n) is 9.53. The van der Waals surface area contributed by atoms with Crippen LogP contribution in [0.15, 0.2) is 30.3 Å². The standard InChI is InChI=1S/C20H27NO7/c1-4-10-24-20-16(21-12(2)22)18(26-13(3)23)17-15(27-20)11-25-19(28-17)14-8-6-5-7-9-14/h5-9,15-20H,4,10-11H2,1-3H3,(H,21,22)/t15-,16-,17-,18-,19?,20+/m1/s1. The Kier molecular flexibility index (Phi) is 7.01. The number of benzene rings is 1. The van der Waals surface area contributed by atoms with Gasteiger partial charge in [-0.1, -0.05) is 37.3 Å². The van der Waals surface area contributed by atoms with Crippen molar-refractivity contribution in [3.8, 4) is 0 Å². The molecule has 1 unspecified atom stereocenters. The van der Waals surface area contributed by atoms with Crippen LogP contribution in [0.4, 0.5) is 0 Å². The zero-order valence-corrected chi connectivity index (χ0v) is 16.3. The van der Waals surface area contributed by atoms with Crippen molar-refractivity contribution >= 4 is 11.9 Å². The SMILES string of the molecule is CCCO[C@H]1O[C@@H]2COC(c3ccccc3)O[C@H]2[C@H](OC(C)=O)[C@H]1NC(C)=O. The normalized spacial score (nSPS) is 32.2. The second kappa shape index (κ2) is 9.47. The van der Waals surface area contributed by atoms with E-state index in [2.05, 4.69) is 5.32 Å². The summed E-state index contributed by atoms with van der Waals surface area (Å²) in [5.41, 5.74) is 0.850. The average molecular weight is 393 g/mol. The van der Waals surface area contributed by atoms with Crippen molar-refractivity contribution in [3.05, 3.63) is 35.9 Å². The molecule has 8 nitrogen and oxygen atoms in total. The molecule has 1 amide bonds. The molecule has 0 bridgehead atoms. The van der Waals surface area contributed by atoms with Gasteiger partial charge in [0.15, 0.2) is 18.7 Å². The Hall–Kier alpha value is -2.00. The van der Waals surface area contributed by atoms with Crippen molar-refractivity contribution in [1.29, 1.82) is 0 Å². The Morgan fingerprint density at radius 1 is 1.18 bits per heavy atom. The van der Waals surface area contributed by atoms with E-state index in [0.29, 0.717) is 6.61 Å². The summed E-state index contributed by atoms with van der Waals surface area (Å²) in [5.74, 6) is -0.748. The second-order valence-electron chi connectivity index (χ2n) is 6.89. The Bertz CT molecular complexity index is 668. The lowest BCUT2D eigenvalue weighted by atomic mass is 9.95. The zero-order chi connectivity index (χ0) is 20.1. The summed E-state index contributed by atoms with van der Waals surface area (Å²) in [6.45, 7) is 5.39. The topological polar surface area (TPSA) is 92.3 Å². The predicted molar refractivity (Wildman–Crippen MR) is 98.1 cm³/mol. The molecule has 0 aromatic heterocycles. The van der Waals surface area contributed by atoms with Crippen LogP contribution in [0, 0.1) is 0 Å². The fourth-order valence-corrected chi connectivity index (χ4v) is 3.45. The molecule has 0 radical (unpaired) electrons. The van der Waals surface area contributed by atoms with Crippen molar-refractivity contribution in [2.75, 3.05) is 13.2 Å². The van der Waals surface area contributed by atoms with Gasteiger partial charge in [0.1, 0.15) is 18.2 Å². The van der Waals surface area contributed by atoms with E-state index in [1.54, 1.807) is 0 Å². The number of carbonyl (C=O) groups excluding carboxylic acids is 2. The van der Waals surface area contributed by atoms with Gasteiger partial charge in [0.05, 0.1) is 6.61 Å². The largest absolute Gasteiger partial charge is 0.457 e. The van der Waals surface area contributed by atoms with Crippen LogP contribution in [0.2, 0.25) is 0 Å². The molecule has 1 aromatic rings. The van der Waals surface area contributed by atoms with E-state index in [4.69, 9.17) is 23.7 Å². The molecule has 0 saturated carbocycles. The molecule has 1 aromatic carbocycles. The summed E-state index contributed by atoms with van der Waals surface area (Å²) < 4.78 is 29.3. The molecular weight excluding hydrogens is 366 g/mol. The minimum atomic E-state index is -0.769. The molecule has 0 spiro atoms. The van der Waals surface area contributed by atoms with Gasteiger partial charge in [0.2, 0.25) is 5.91 Å². The molecule has 2 heterocycles. The van der Waals surface area contributed by atoms with Crippen LogP contribution in [-0.4, -0.2) is 55.7 Å². The Morgan fingerprint density at radius 3 is 2.57 bits per heavy atom. The Balaban J connectivity index is 1.85. The number of rotatable bonds is 6. The van der Waals surface area contributed by atoms with E-state index < -0.39 is 42.9 Å². The third-order valence-electron chi connectivity index (χ3n) is 4.57. The zero-order valence-electron chi connectivity index (χ0n) is 16.3. The van der Waals surface area contributed by atoms with Crippen molar-refractivity contribution in [2.45, 2.75) is 64.1 Å². The van der Waals surface area contributed by atoms with Gasteiger partial charge in [-0.05, 0) is 6.42 Å². The van der Waals surface area contributed by atoms with Crippen molar-refractivity contribution < 1.29 is 33.3 Å². The minimum absolute atomic E-state index is 0.251. The minimum Gasteiger partial charge on any atom is -0.457 e. The van der Waals surface area contributed by atoms with Crippen molar-refractivity contribution in [2.24, 2.45) is 0 Å². The van der Waals surface area contributed by atoms with E-state index in [1.165, 1.54) is 13.8 Å². The maximum Gasteiger partial charge on any atom is 0.303 e. The maximum absolute atomic E-state index is 11.8. The fraction of sp³-hybridized carbons (Fsp3) is 0.600. The average Bonchev–Trinajstić information content (AvgIpc) is 2.68. The van der Waals surface area contributed by atoms with Gasteiger partial charge in [0, 0.05) is 26.0 Å². The summed E-state index contributed by atoms with van der Waals surface area (Å²) in [6.07, 6.45) is -2.47. The van der Waals surface area contributed by atoms with Gasteiger partial charge >= 0.3 is 5.97 Å². The maximum atomic E-state index is 11.8. The van der Waals surface area contributed by atoms with E-state index >= 15 is 0 Å². The van der Waals surface area contributed by atoms with Gasteiger partial charge in [0.25, 0.3) is 0 Å². The third kappa shape index (κ3) is 4.88. The van der Waals surface area contributed by atoms with Gasteiger partial charge in [-0.2, -0.15) is 0 Å². The molecule has 6 atom stereocenters. The first-order valence-corrected chi connectivity index (χ1v) is 9.53. The first kappa shape index (κ1) is 20.7. The number of ether oxygens (including phenoxy) is 5. The smallest absolute Gasteiger partial charge is 0.303 e. The monoisotopic (exact) mass is 393 g/mol. The molecule has 2 fully saturated rings. The van der Waals surface area contributed by atoms with Crippen LogP contribution in [-0.2, 0) is 33.3 Å². The summed E-state index contributed by atoms with van der Waals surface area (Å²) in [6, 6.07) is 8.79. The van der Waals surface area contributed by atoms with E-state index in [-0.39, 0.29) is 12.5 Å². The first-order chi connectivity index (χ1) is 13.5. The van der Waals surface area contributed by atoms with Crippen LogP contribution in [0.3, 0.4) is 0 Å². The lowest BCUT2D eigenvalue weighted by Crippen LogP contribution is -2.67. The van der Waals surface area contributed by atoms with E-state index in [9.17, 15) is 9.59 Å². The number of carbonyl (C=O) groups is 2. The lowest BCUT2D eigenvalue weighted by Gasteiger charge is -2.48. The highest BCUT2D eigenvalue weighted by Gasteiger charge is 2.52. The van der Waals surface area contributed by atoms with Gasteiger partial charge in [-0.15, -0.1) is 0 Å². The highest BCUT2D eigenvalue weighted by Crippen LogP contribution is 2.35. The summed E-state index contributed by atoms with van der Waals surface area (Å²) in [4.78, 5) is 23.6. The molecule has 28 heavy (non-hydrogen) atoms. The third-order valence-corrected chi connectivity index (χ3v) is 4.57. The lowest BCUT2D eigenvalue weighted by molar-refractivity contribution is -0.344. The van der Waals surface area contributed by atoms with Crippen molar-refractivity contribution in [3.63, 3.8) is 0 Å². The molecule has 2 saturated heterocycles. The van der Waals surface area contributed by atoms with Crippen molar-refractivity contribution in [1.82, 2.24) is 5.32 Å². The fourth-order valence-electron chi connectivity index (χ4n) is 3.45. The van der Waals surface area contributed by atoms with E-state index in [0.717, 1.165) is 12.0 Å². The number of amides is 1. The summed E-state index contributed by atoms with van der Waals surface area (Å²) in [7, 11) is 0. The van der Waals surface area contributed by atoms with Gasteiger partial charge < -0.3 is 29.0 Å². The number of hydrogen-bond donors (Lipinski definition) is 1. The van der Waals surface area contributed by atoms with Gasteiger partial charge in [-0.3, -0.25) is 9.59 Å². The van der Waals surface area contributed by atoms with E-state index in [1.807, 2.05) is 37.3 Å². The molecule has 0 aliphatic carbocycles. The highest BCUT2D eigenvalue weighted by atomic mass is 16.8. The number of fused-ring (bicyclic) bond motifs is 1.